The Morgan fingerprint density at radius 3 is 2.45 bits per heavy atom. The van der Waals surface area contributed by atoms with E-state index in [1.807, 2.05) is 24.3 Å². The number of nitriles is 1. The lowest BCUT2D eigenvalue weighted by Crippen LogP contribution is -2.18. The average Bonchev–Trinajstić information content (AvgIpc) is 3.11. The minimum Gasteiger partial charge on any atom is -0.337 e. The van der Waals surface area contributed by atoms with Gasteiger partial charge < -0.3 is 9.88 Å². The molecule has 0 aliphatic carbocycles. The van der Waals surface area contributed by atoms with Crippen LogP contribution < -0.4 is 5.32 Å². The first-order valence-electron chi connectivity index (χ1n) is 9.55. The number of allylic oxidation sites excluding steroid dienone is 1. The van der Waals surface area contributed by atoms with Gasteiger partial charge in [-0.15, -0.1) is 0 Å². The summed E-state index contributed by atoms with van der Waals surface area (Å²) in [6, 6.07) is 21.2. The summed E-state index contributed by atoms with van der Waals surface area (Å²) < 4.78 is 29.0. The molecule has 152 valence electrons. The highest BCUT2D eigenvalue weighted by atomic mass is 19.1. The largest absolute Gasteiger partial charge is 0.337 e. The van der Waals surface area contributed by atoms with E-state index in [-0.39, 0.29) is 29.4 Å². The summed E-state index contributed by atoms with van der Waals surface area (Å²) in [6.45, 7) is 0.0211. The van der Waals surface area contributed by atoms with Crippen LogP contribution in [0.2, 0.25) is 0 Å². The van der Waals surface area contributed by atoms with Gasteiger partial charge in [-0.3, -0.25) is 4.79 Å². The number of rotatable bonds is 5. The SMILES string of the molecule is N#CC(=Cc1cn(CC(=O)Nc2ccc(F)cc2)c2ccccc12)c1ccccc1F. The summed E-state index contributed by atoms with van der Waals surface area (Å²) in [7, 11) is 0. The summed E-state index contributed by atoms with van der Waals surface area (Å²) in [5.41, 5.74) is 2.40. The lowest BCUT2D eigenvalue weighted by Gasteiger charge is -2.07. The fourth-order valence-electron chi connectivity index (χ4n) is 3.41. The van der Waals surface area contributed by atoms with Crippen LogP contribution in [0.25, 0.3) is 22.6 Å². The Morgan fingerprint density at radius 1 is 1.00 bits per heavy atom. The van der Waals surface area contributed by atoms with E-state index in [0.29, 0.717) is 11.3 Å². The number of benzene rings is 3. The van der Waals surface area contributed by atoms with Crippen LogP contribution in [-0.4, -0.2) is 10.5 Å². The number of aromatic nitrogens is 1. The molecule has 0 saturated heterocycles. The third kappa shape index (κ3) is 4.36. The van der Waals surface area contributed by atoms with Crippen molar-refractivity contribution in [1.82, 2.24) is 4.57 Å². The summed E-state index contributed by atoms with van der Waals surface area (Å²) in [6.07, 6.45) is 3.38. The smallest absolute Gasteiger partial charge is 0.244 e. The van der Waals surface area contributed by atoms with E-state index in [0.717, 1.165) is 10.9 Å². The predicted molar refractivity (Wildman–Crippen MR) is 117 cm³/mol. The van der Waals surface area contributed by atoms with Gasteiger partial charge in [0.1, 0.15) is 18.2 Å². The highest BCUT2D eigenvalue weighted by Gasteiger charge is 2.13. The topological polar surface area (TPSA) is 57.8 Å². The quantitative estimate of drug-likeness (QED) is 0.432. The van der Waals surface area contributed by atoms with Crippen molar-refractivity contribution >= 4 is 34.1 Å². The molecule has 1 N–H and O–H groups in total. The zero-order chi connectivity index (χ0) is 21.8. The number of hydrogen-bond donors (Lipinski definition) is 1. The van der Waals surface area contributed by atoms with Crippen molar-refractivity contribution in [3.05, 3.63) is 102 Å². The molecule has 3 aromatic carbocycles. The molecule has 31 heavy (non-hydrogen) atoms. The average molecular weight is 413 g/mol. The first kappa shape index (κ1) is 20.0. The number of carbonyl (C=O) groups is 1. The van der Waals surface area contributed by atoms with Gasteiger partial charge in [0.05, 0.1) is 11.6 Å². The highest BCUT2D eigenvalue weighted by molar-refractivity contribution is 5.99. The Morgan fingerprint density at radius 2 is 1.71 bits per heavy atom. The molecule has 4 rings (SSSR count). The molecule has 0 saturated carbocycles. The summed E-state index contributed by atoms with van der Waals surface area (Å²) >= 11 is 0. The van der Waals surface area contributed by atoms with Crippen molar-refractivity contribution in [3.63, 3.8) is 0 Å². The summed E-state index contributed by atoms with van der Waals surface area (Å²) in [5.74, 6) is -1.14. The van der Waals surface area contributed by atoms with Crippen molar-refractivity contribution in [2.45, 2.75) is 6.54 Å². The van der Waals surface area contributed by atoms with Gasteiger partial charge in [-0.25, -0.2) is 8.78 Å². The molecule has 0 bridgehead atoms. The van der Waals surface area contributed by atoms with Gasteiger partial charge in [0.2, 0.25) is 5.91 Å². The van der Waals surface area contributed by atoms with Crippen LogP contribution in [0.15, 0.2) is 79.0 Å². The Hall–Kier alpha value is -4.24. The first-order chi connectivity index (χ1) is 15.0. The summed E-state index contributed by atoms with van der Waals surface area (Å²) in [4.78, 5) is 12.5. The second-order valence-corrected chi connectivity index (χ2v) is 6.93. The van der Waals surface area contributed by atoms with Crippen LogP contribution in [0, 0.1) is 23.0 Å². The molecule has 0 fully saturated rings. The standard InChI is InChI=1S/C25H17F2N3O/c26-19-9-11-20(12-10-19)29-25(31)16-30-15-18(22-6-2-4-8-24(22)30)13-17(14-28)21-5-1-3-7-23(21)27/h1-13,15H,16H2,(H,29,31). The van der Waals surface area contributed by atoms with Crippen molar-refractivity contribution in [2.24, 2.45) is 0 Å². The number of para-hydroxylation sites is 1. The summed E-state index contributed by atoms with van der Waals surface area (Å²) in [5, 5.41) is 13.2. The number of nitrogens with zero attached hydrogens (tertiary/aromatic N) is 2. The van der Waals surface area contributed by atoms with Gasteiger partial charge >= 0.3 is 0 Å². The van der Waals surface area contributed by atoms with Gasteiger partial charge in [-0.2, -0.15) is 5.26 Å². The van der Waals surface area contributed by atoms with Crippen LogP contribution >= 0.6 is 0 Å². The fourth-order valence-corrected chi connectivity index (χ4v) is 3.41. The van der Waals surface area contributed by atoms with Crippen LogP contribution in [0.1, 0.15) is 11.1 Å². The third-order valence-corrected chi connectivity index (χ3v) is 4.85. The first-order valence-corrected chi connectivity index (χ1v) is 9.55. The lowest BCUT2D eigenvalue weighted by molar-refractivity contribution is -0.116. The molecular weight excluding hydrogens is 396 g/mol. The molecular formula is C25H17F2N3O. The van der Waals surface area contributed by atoms with E-state index in [4.69, 9.17) is 0 Å². The maximum Gasteiger partial charge on any atom is 0.244 e. The minimum atomic E-state index is -0.474. The van der Waals surface area contributed by atoms with Crippen molar-refractivity contribution in [2.75, 3.05) is 5.32 Å². The van der Waals surface area contributed by atoms with Crippen molar-refractivity contribution in [1.29, 1.82) is 5.26 Å². The maximum atomic E-state index is 14.2. The van der Waals surface area contributed by atoms with E-state index in [9.17, 15) is 18.8 Å². The Bertz CT molecular complexity index is 1330. The monoisotopic (exact) mass is 413 g/mol. The molecule has 0 radical (unpaired) electrons. The predicted octanol–water partition coefficient (Wildman–Crippen LogP) is 5.62. The van der Waals surface area contributed by atoms with Gasteiger partial charge in [0.25, 0.3) is 0 Å². The Kier molecular flexibility index (Phi) is 5.59. The molecule has 4 aromatic rings. The van der Waals surface area contributed by atoms with Crippen molar-refractivity contribution < 1.29 is 13.6 Å². The molecule has 0 aliphatic rings. The van der Waals surface area contributed by atoms with E-state index < -0.39 is 5.82 Å². The van der Waals surface area contributed by atoms with Crippen LogP contribution in [-0.2, 0) is 11.3 Å². The minimum absolute atomic E-state index is 0.0211. The van der Waals surface area contributed by atoms with Crippen LogP contribution in [0.5, 0.6) is 0 Å². The molecule has 1 heterocycles. The second-order valence-electron chi connectivity index (χ2n) is 6.93. The molecule has 0 aliphatic heterocycles. The molecule has 6 heteroatoms. The maximum absolute atomic E-state index is 14.2. The number of nitrogens with one attached hydrogen (secondary N) is 1. The van der Waals surface area contributed by atoms with E-state index in [2.05, 4.69) is 11.4 Å². The zero-order valence-corrected chi connectivity index (χ0v) is 16.3. The fraction of sp³-hybridized carbons (Fsp3) is 0.0400. The van der Waals surface area contributed by atoms with Crippen LogP contribution in [0.3, 0.4) is 0 Å². The second kappa shape index (κ2) is 8.64. The molecule has 0 spiro atoms. The molecule has 0 atom stereocenters. The Labute approximate surface area is 177 Å². The molecule has 0 unspecified atom stereocenters. The van der Waals surface area contributed by atoms with Gasteiger partial charge in [-0.1, -0.05) is 36.4 Å². The number of carbonyl (C=O) groups excluding carboxylic acids is 1. The van der Waals surface area contributed by atoms with Gasteiger partial charge in [-0.05, 0) is 42.5 Å². The lowest BCUT2D eigenvalue weighted by atomic mass is 10.0. The van der Waals surface area contributed by atoms with Crippen LogP contribution in [0.4, 0.5) is 14.5 Å². The van der Waals surface area contributed by atoms with E-state index in [1.165, 1.54) is 30.3 Å². The normalized spacial score (nSPS) is 11.3. The van der Waals surface area contributed by atoms with E-state index in [1.54, 1.807) is 35.0 Å². The van der Waals surface area contributed by atoms with Crippen molar-refractivity contribution in [3.8, 4) is 6.07 Å². The van der Waals surface area contributed by atoms with Gasteiger partial charge in [0, 0.05) is 33.9 Å². The number of halogens is 2. The number of amides is 1. The Balaban J connectivity index is 1.67. The number of anilines is 1. The third-order valence-electron chi connectivity index (χ3n) is 4.85. The molecule has 1 amide bonds. The van der Waals surface area contributed by atoms with Gasteiger partial charge in [0.15, 0.2) is 0 Å². The molecule has 1 aromatic heterocycles. The highest BCUT2D eigenvalue weighted by Crippen LogP contribution is 2.27. The zero-order valence-electron chi connectivity index (χ0n) is 16.3. The molecule has 4 nitrogen and oxygen atoms in total. The number of hydrogen-bond acceptors (Lipinski definition) is 2. The van der Waals surface area contributed by atoms with E-state index >= 15 is 0 Å². The number of fused-ring (bicyclic) bond motifs is 1.